The quantitative estimate of drug-likeness (QED) is 0.560. The lowest BCUT2D eigenvalue weighted by Gasteiger charge is -2.30. The van der Waals surface area contributed by atoms with Gasteiger partial charge in [0.15, 0.2) is 0 Å². The number of aromatic nitrogens is 4. The second-order valence-corrected chi connectivity index (χ2v) is 7.21. The molecule has 0 unspecified atom stereocenters. The summed E-state index contributed by atoms with van der Waals surface area (Å²) in [5.41, 5.74) is 1.13. The standard InChI is InChI=1S/C19H22N6O4/c1-23-14-8-12(20-10-11-16(26)21-18(28)22-17(11)27)13(25-6-4-3-5-7-25)9-15(14)24(2)19(23)29/h8-10H,3-7H2,1-2H3,(H3,21,22,26,27,28). The number of fused-ring (bicyclic) bond motifs is 1. The molecule has 3 aromatic rings. The van der Waals surface area contributed by atoms with Gasteiger partial charge in [0.05, 0.1) is 22.4 Å². The molecule has 1 aromatic carbocycles. The highest BCUT2D eigenvalue weighted by molar-refractivity contribution is 5.91. The van der Waals surface area contributed by atoms with Gasteiger partial charge < -0.3 is 10.0 Å². The molecule has 0 spiro atoms. The average molecular weight is 398 g/mol. The van der Waals surface area contributed by atoms with Crippen LogP contribution < -0.4 is 21.8 Å². The summed E-state index contributed by atoms with van der Waals surface area (Å²) in [4.78, 5) is 46.5. The van der Waals surface area contributed by atoms with Crippen LogP contribution in [0.1, 0.15) is 24.8 Å². The topological polar surface area (TPSA) is 128 Å². The van der Waals surface area contributed by atoms with Gasteiger partial charge in [0.25, 0.3) is 5.56 Å². The molecule has 1 saturated heterocycles. The first-order valence-corrected chi connectivity index (χ1v) is 9.41. The van der Waals surface area contributed by atoms with E-state index in [9.17, 15) is 19.5 Å². The van der Waals surface area contributed by atoms with E-state index in [0.717, 1.165) is 37.1 Å². The number of imidazole rings is 1. The van der Waals surface area contributed by atoms with Gasteiger partial charge >= 0.3 is 11.4 Å². The predicted octanol–water partition coefficient (Wildman–Crippen LogP) is 0.700. The fraction of sp³-hybridized carbons (Fsp3) is 0.368. The zero-order valence-corrected chi connectivity index (χ0v) is 16.2. The number of aromatic hydroxyl groups is 1. The number of rotatable bonds is 3. The normalized spacial score (nSPS) is 14.9. The van der Waals surface area contributed by atoms with Gasteiger partial charge in [0.1, 0.15) is 5.56 Å². The van der Waals surface area contributed by atoms with Gasteiger partial charge in [0.2, 0.25) is 5.88 Å². The number of aliphatic imine (C=N–C) groups is 1. The van der Waals surface area contributed by atoms with Crippen molar-refractivity contribution in [3.63, 3.8) is 0 Å². The van der Waals surface area contributed by atoms with Crippen molar-refractivity contribution in [3.8, 4) is 5.88 Å². The Morgan fingerprint density at radius 2 is 1.66 bits per heavy atom. The minimum Gasteiger partial charge on any atom is -0.494 e. The van der Waals surface area contributed by atoms with Gasteiger partial charge in [0, 0.05) is 33.4 Å². The molecule has 152 valence electrons. The summed E-state index contributed by atoms with van der Waals surface area (Å²) in [6, 6.07) is 3.74. The van der Waals surface area contributed by atoms with Crippen LogP contribution in [-0.2, 0) is 14.1 Å². The van der Waals surface area contributed by atoms with Crippen molar-refractivity contribution in [1.29, 1.82) is 0 Å². The number of piperidine rings is 1. The Morgan fingerprint density at radius 1 is 1.00 bits per heavy atom. The van der Waals surface area contributed by atoms with Crippen LogP contribution in [0.3, 0.4) is 0 Å². The van der Waals surface area contributed by atoms with Gasteiger partial charge in [-0.3, -0.25) is 28.9 Å². The van der Waals surface area contributed by atoms with Crippen LogP contribution in [0.25, 0.3) is 11.0 Å². The molecule has 3 N–H and O–H groups in total. The Bertz CT molecular complexity index is 1290. The molecular weight excluding hydrogens is 376 g/mol. The van der Waals surface area contributed by atoms with E-state index in [1.165, 1.54) is 12.6 Å². The zero-order valence-electron chi connectivity index (χ0n) is 16.2. The molecule has 2 aromatic heterocycles. The molecule has 1 fully saturated rings. The Labute approximate surface area is 164 Å². The molecule has 0 bridgehead atoms. The second-order valence-electron chi connectivity index (χ2n) is 7.21. The first-order chi connectivity index (χ1) is 13.9. The Balaban J connectivity index is 1.90. The van der Waals surface area contributed by atoms with Gasteiger partial charge in [-0.1, -0.05) is 0 Å². The maximum absolute atomic E-state index is 12.3. The van der Waals surface area contributed by atoms with E-state index >= 15 is 0 Å². The fourth-order valence-corrected chi connectivity index (χ4v) is 3.75. The summed E-state index contributed by atoms with van der Waals surface area (Å²) >= 11 is 0. The van der Waals surface area contributed by atoms with E-state index in [0.29, 0.717) is 11.2 Å². The number of nitrogens with zero attached hydrogens (tertiary/aromatic N) is 4. The van der Waals surface area contributed by atoms with Crippen molar-refractivity contribution in [3.05, 3.63) is 49.0 Å². The van der Waals surface area contributed by atoms with E-state index in [1.807, 2.05) is 6.07 Å². The third-order valence-corrected chi connectivity index (χ3v) is 5.36. The lowest BCUT2D eigenvalue weighted by molar-refractivity contribution is 0.447. The number of benzene rings is 1. The maximum atomic E-state index is 12.3. The lowest BCUT2D eigenvalue weighted by atomic mass is 10.1. The maximum Gasteiger partial charge on any atom is 0.328 e. The summed E-state index contributed by atoms with van der Waals surface area (Å²) in [6.07, 6.45) is 4.52. The van der Waals surface area contributed by atoms with Crippen molar-refractivity contribution in [2.75, 3.05) is 18.0 Å². The van der Waals surface area contributed by atoms with Gasteiger partial charge in [-0.15, -0.1) is 0 Å². The molecule has 29 heavy (non-hydrogen) atoms. The van der Waals surface area contributed by atoms with Crippen molar-refractivity contribution in [2.24, 2.45) is 19.1 Å². The molecule has 0 amide bonds. The molecule has 0 radical (unpaired) electrons. The Kier molecular flexibility index (Phi) is 4.61. The van der Waals surface area contributed by atoms with Crippen LogP contribution in [0.15, 0.2) is 31.5 Å². The molecule has 4 rings (SSSR count). The summed E-state index contributed by atoms with van der Waals surface area (Å²) in [5.74, 6) is -0.546. The van der Waals surface area contributed by atoms with Crippen molar-refractivity contribution in [2.45, 2.75) is 19.3 Å². The van der Waals surface area contributed by atoms with E-state index < -0.39 is 17.1 Å². The van der Waals surface area contributed by atoms with E-state index in [2.05, 4.69) is 19.9 Å². The smallest absolute Gasteiger partial charge is 0.328 e. The molecule has 0 atom stereocenters. The number of aromatic amines is 2. The number of hydrogen-bond donors (Lipinski definition) is 3. The van der Waals surface area contributed by atoms with E-state index in [4.69, 9.17) is 0 Å². The molecule has 1 aliphatic rings. The molecule has 0 aliphatic carbocycles. The van der Waals surface area contributed by atoms with Crippen molar-refractivity contribution in [1.82, 2.24) is 19.1 Å². The molecule has 1 aliphatic heterocycles. The zero-order chi connectivity index (χ0) is 20.7. The van der Waals surface area contributed by atoms with E-state index in [1.54, 1.807) is 29.3 Å². The highest BCUT2D eigenvalue weighted by Gasteiger charge is 2.18. The SMILES string of the molecule is Cn1c(=O)n(C)c2cc(N3CCCCC3)c(N=Cc3c(O)[nH]c(=O)[nH]c3=O)cc21. The van der Waals surface area contributed by atoms with Crippen LogP contribution in [0.4, 0.5) is 11.4 Å². The highest BCUT2D eigenvalue weighted by atomic mass is 16.3. The first-order valence-electron chi connectivity index (χ1n) is 9.41. The third kappa shape index (κ3) is 3.26. The highest BCUT2D eigenvalue weighted by Crippen LogP contribution is 2.34. The minimum atomic E-state index is -0.792. The van der Waals surface area contributed by atoms with Crippen LogP contribution in [0.5, 0.6) is 5.88 Å². The summed E-state index contributed by atoms with van der Waals surface area (Å²) in [5, 5.41) is 9.90. The monoisotopic (exact) mass is 398 g/mol. The van der Waals surface area contributed by atoms with Gasteiger partial charge in [-0.2, -0.15) is 0 Å². The largest absolute Gasteiger partial charge is 0.494 e. The molecule has 0 saturated carbocycles. The number of anilines is 1. The van der Waals surface area contributed by atoms with Crippen LogP contribution in [0, 0.1) is 0 Å². The van der Waals surface area contributed by atoms with Crippen LogP contribution in [0.2, 0.25) is 0 Å². The lowest BCUT2D eigenvalue weighted by Crippen LogP contribution is -2.29. The van der Waals surface area contributed by atoms with Crippen molar-refractivity contribution < 1.29 is 5.11 Å². The number of hydrogen-bond acceptors (Lipinski definition) is 6. The molecule has 3 heterocycles. The Morgan fingerprint density at radius 3 is 2.31 bits per heavy atom. The summed E-state index contributed by atoms with van der Waals surface area (Å²) < 4.78 is 3.13. The van der Waals surface area contributed by atoms with Gasteiger partial charge in [-0.25, -0.2) is 9.59 Å². The van der Waals surface area contributed by atoms with Crippen molar-refractivity contribution >= 4 is 28.6 Å². The van der Waals surface area contributed by atoms with E-state index in [-0.39, 0.29) is 11.3 Å². The fourth-order valence-electron chi connectivity index (χ4n) is 3.75. The van der Waals surface area contributed by atoms with Gasteiger partial charge in [-0.05, 0) is 31.4 Å². The molecular formula is C19H22N6O4. The van der Waals surface area contributed by atoms with Crippen LogP contribution >= 0.6 is 0 Å². The number of nitrogens with one attached hydrogen (secondary N) is 2. The average Bonchev–Trinajstić information content (AvgIpc) is 2.91. The second kappa shape index (κ2) is 7.12. The molecule has 10 heteroatoms. The van der Waals surface area contributed by atoms with Crippen LogP contribution in [-0.4, -0.2) is 43.5 Å². The third-order valence-electron chi connectivity index (χ3n) is 5.36. The molecule has 10 nitrogen and oxygen atoms in total. The first kappa shape index (κ1) is 18.8. The minimum absolute atomic E-state index is 0.138. The number of H-pyrrole nitrogens is 2. The number of aryl methyl sites for hydroxylation is 2. The predicted molar refractivity (Wildman–Crippen MR) is 111 cm³/mol. The Hall–Kier alpha value is -3.56. The summed E-state index contributed by atoms with van der Waals surface area (Å²) in [6.45, 7) is 1.75. The summed E-state index contributed by atoms with van der Waals surface area (Å²) in [7, 11) is 3.42.